The van der Waals surface area contributed by atoms with Gasteiger partial charge in [0.1, 0.15) is 5.56 Å². The fourth-order valence-corrected chi connectivity index (χ4v) is 4.03. The average molecular weight is 541 g/mol. The topological polar surface area (TPSA) is 153 Å². The number of nitrogens with one attached hydrogen (secondary N) is 4. The molecule has 16 heteroatoms. The molecule has 1 aliphatic rings. The molecule has 1 aromatic heterocycles. The maximum Gasteiger partial charge on any atom is 0.490 e. The summed E-state index contributed by atoms with van der Waals surface area (Å²) in [5.41, 5.74) is 0.439. The second-order valence-electron chi connectivity index (χ2n) is 7.74. The zero-order valence-corrected chi connectivity index (χ0v) is 19.6. The third kappa shape index (κ3) is 7.36. The van der Waals surface area contributed by atoms with E-state index in [4.69, 9.17) is 9.90 Å². The van der Waals surface area contributed by atoms with E-state index in [1.165, 1.54) is 18.3 Å². The second kappa shape index (κ2) is 11.6. The van der Waals surface area contributed by atoms with Crippen molar-refractivity contribution in [2.24, 2.45) is 0 Å². The Morgan fingerprint density at radius 3 is 2.19 bits per heavy atom. The molecule has 36 heavy (non-hydrogen) atoms. The lowest BCUT2D eigenvalue weighted by molar-refractivity contribution is -0.192. The predicted octanol–water partition coefficient (Wildman–Crippen LogP) is 3.04. The fraction of sp³-hybridized carbons (Fsp3) is 0.450. The van der Waals surface area contributed by atoms with Crippen LogP contribution in [-0.4, -0.2) is 66.2 Å². The molecule has 10 nitrogen and oxygen atoms in total. The SMILES string of the molecule is CCC1(NC(=O)c2c[nH]nc2Nc2ccc(S(=O)(=O)C(F)F)cc2)CCNCC1.O=C(O)C(F)(F)F. The number of carbonyl (C=O) groups is 2. The minimum absolute atomic E-state index is 0.257. The minimum Gasteiger partial charge on any atom is -0.475 e. The molecule has 0 radical (unpaired) electrons. The monoisotopic (exact) mass is 541 g/mol. The normalized spacial score (nSPS) is 15.5. The van der Waals surface area contributed by atoms with E-state index in [0.29, 0.717) is 11.3 Å². The molecule has 2 aromatic rings. The molecule has 3 rings (SSSR count). The highest BCUT2D eigenvalue weighted by Crippen LogP contribution is 2.26. The molecule has 0 saturated carbocycles. The van der Waals surface area contributed by atoms with Crippen molar-refractivity contribution in [1.29, 1.82) is 0 Å². The summed E-state index contributed by atoms with van der Waals surface area (Å²) in [6.07, 6.45) is -1.15. The Labute approximate surface area is 202 Å². The van der Waals surface area contributed by atoms with Gasteiger partial charge in [0, 0.05) is 17.4 Å². The Bertz CT molecular complexity index is 1150. The standard InChI is InChI=1S/C18H23F2N5O3S.C2HF3O2/c1-2-18(7-9-21-10-8-18)24-16(26)14-11-22-25-15(14)23-12-3-5-13(6-4-12)29(27,28)17(19)20;3-2(4,5)1(6)7/h3-6,11,17,21H,2,7-10H2,1H3,(H,24,26)(H2,22,23,25);(H,6,7). The van der Waals surface area contributed by atoms with Crippen LogP contribution in [0.2, 0.25) is 0 Å². The van der Waals surface area contributed by atoms with Crippen LogP contribution in [-0.2, 0) is 14.6 Å². The number of alkyl halides is 5. The average Bonchev–Trinajstić information content (AvgIpc) is 3.28. The first kappa shape index (κ1) is 29.0. The molecule has 5 N–H and O–H groups in total. The van der Waals surface area contributed by atoms with Crippen molar-refractivity contribution < 1.29 is 45.1 Å². The Morgan fingerprint density at radius 2 is 1.72 bits per heavy atom. The van der Waals surface area contributed by atoms with Gasteiger partial charge in [-0.3, -0.25) is 9.89 Å². The number of piperidine rings is 1. The molecular formula is C20H24F5N5O5S. The first-order valence-electron chi connectivity index (χ1n) is 10.5. The maximum atomic E-state index is 12.8. The van der Waals surface area contributed by atoms with E-state index < -0.39 is 32.6 Å². The molecule has 0 atom stereocenters. The van der Waals surface area contributed by atoms with Crippen molar-refractivity contribution in [2.45, 2.75) is 48.6 Å². The third-order valence-electron chi connectivity index (χ3n) is 5.42. The summed E-state index contributed by atoms with van der Waals surface area (Å²) in [5, 5.41) is 23.1. The smallest absolute Gasteiger partial charge is 0.475 e. The van der Waals surface area contributed by atoms with Crippen LogP contribution < -0.4 is 16.0 Å². The van der Waals surface area contributed by atoms with Crippen LogP contribution in [0.4, 0.5) is 33.5 Å². The van der Waals surface area contributed by atoms with Gasteiger partial charge in [-0.05, 0) is 56.6 Å². The summed E-state index contributed by atoms with van der Waals surface area (Å²) < 4.78 is 80.0. The molecular weight excluding hydrogens is 517 g/mol. The van der Waals surface area contributed by atoms with Gasteiger partial charge in [-0.1, -0.05) is 6.92 Å². The summed E-state index contributed by atoms with van der Waals surface area (Å²) in [5.74, 6) is -6.26. The highest BCUT2D eigenvalue weighted by atomic mass is 32.2. The molecule has 0 aliphatic carbocycles. The number of anilines is 2. The molecule has 2 heterocycles. The Balaban J connectivity index is 0.000000572. The Kier molecular flexibility index (Phi) is 9.37. The maximum absolute atomic E-state index is 12.8. The molecule has 1 fully saturated rings. The zero-order chi connectivity index (χ0) is 27.1. The van der Waals surface area contributed by atoms with Gasteiger partial charge in [0.15, 0.2) is 5.82 Å². The summed E-state index contributed by atoms with van der Waals surface area (Å²) in [7, 11) is -4.66. The number of nitrogens with zero attached hydrogens (tertiary/aromatic N) is 1. The number of aliphatic carboxylic acids is 1. The number of sulfone groups is 1. The van der Waals surface area contributed by atoms with Crippen molar-refractivity contribution in [2.75, 3.05) is 18.4 Å². The number of aromatic amines is 1. The van der Waals surface area contributed by atoms with Crippen molar-refractivity contribution in [1.82, 2.24) is 20.8 Å². The van der Waals surface area contributed by atoms with Gasteiger partial charge in [-0.15, -0.1) is 0 Å². The number of carbonyl (C=O) groups excluding carboxylic acids is 1. The number of aromatic nitrogens is 2. The number of carboxylic acids is 1. The number of rotatable bonds is 7. The molecule has 1 saturated heterocycles. The summed E-state index contributed by atoms with van der Waals surface area (Å²) in [6.45, 7) is 3.70. The first-order valence-corrected chi connectivity index (χ1v) is 12.0. The predicted molar refractivity (Wildman–Crippen MR) is 118 cm³/mol. The van der Waals surface area contributed by atoms with Crippen molar-refractivity contribution >= 4 is 33.2 Å². The summed E-state index contributed by atoms with van der Waals surface area (Å²) in [4.78, 5) is 21.2. The van der Waals surface area contributed by atoms with E-state index in [0.717, 1.165) is 44.5 Å². The van der Waals surface area contributed by atoms with Crippen LogP contribution in [0.3, 0.4) is 0 Å². The lowest BCUT2D eigenvalue weighted by Gasteiger charge is -2.37. The second-order valence-corrected chi connectivity index (χ2v) is 9.66. The highest BCUT2D eigenvalue weighted by Gasteiger charge is 2.38. The largest absolute Gasteiger partial charge is 0.490 e. The Hall–Kier alpha value is -3.27. The summed E-state index contributed by atoms with van der Waals surface area (Å²) in [6, 6.07) is 4.84. The zero-order valence-electron chi connectivity index (χ0n) is 18.8. The van der Waals surface area contributed by atoms with Crippen LogP contribution >= 0.6 is 0 Å². The van der Waals surface area contributed by atoms with Gasteiger partial charge in [0.05, 0.1) is 4.90 Å². The van der Waals surface area contributed by atoms with E-state index in [1.807, 2.05) is 6.92 Å². The third-order valence-corrected chi connectivity index (χ3v) is 6.82. The van der Waals surface area contributed by atoms with Crippen LogP contribution in [0.25, 0.3) is 0 Å². The van der Waals surface area contributed by atoms with Gasteiger partial charge < -0.3 is 21.1 Å². The number of benzene rings is 1. The number of halogens is 5. The first-order chi connectivity index (χ1) is 16.7. The Morgan fingerprint density at radius 1 is 1.17 bits per heavy atom. The quantitative estimate of drug-likeness (QED) is 0.335. The van der Waals surface area contributed by atoms with E-state index in [9.17, 15) is 35.2 Å². The van der Waals surface area contributed by atoms with Crippen LogP contribution in [0.1, 0.15) is 36.5 Å². The molecule has 1 aliphatic heterocycles. The lowest BCUT2D eigenvalue weighted by Crippen LogP contribution is -2.54. The van der Waals surface area contributed by atoms with Gasteiger partial charge >= 0.3 is 17.9 Å². The van der Waals surface area contributed by atoms with E-state index in [1.54, 1.807) is 0 Å². The fourth-order valence-electron chi connectivity index (χ4n) is 3.31. The number of carboxylic acid groups (broad SMARTS) is 1. The van der Waals surface area contributed by atoms with Crippen LogP contribution in [0.15, 0.2) is 35.4 Å². The molecule has 1 aromatic carbocycles. The van der Waals surface area contributed by atoms with Gasteiger partial charge in [0.2, 0.25) is 9.84 Å². The lowest BCUT2D eigenvalue weighted by atomic mass is 9.85. The van der Waals surface area contributed by atoms with Gasteiger partial charge in [-0.2, -0.15) is 27.1 Å². The van der Waals surface area contributed by atoms with Crippen LogP contribution in [0, 0.1) is 0 Å². The van der Waals surface area contributed by atoms with Gasteiger partial charge in [0.25, 0.3) is 5.91 Å². The minimum atomic E-state index is -5.08. The summed E-state index contributed by atoms with van der Waals surface area (Å²) >= 11 is 0. The molecule has 200 valence electrons. The number of hydrogen-bond acceptors (Lipinski definition) is 7. The molecule has 0 bridgehead atoms. The number of amides is 1. The van der Waals surface area contributed by atoms with Gasteiger partial charge in [-0.25, -0.2) is 13.2 Å². The molecule has 1 amide bonds. The number of hydrogen-bond donors (Lipinski definition) is 5. The molecule has 0 spiro atoms. The van der Waals surface area contributed by atoms with E-state index in [2.05, 4.69) is 26.1 Å². The number of H-pyrrole nitrogens is 1. The van der Waals surface area contributed by atoms with Crippen molar-refractivity contribution in [3.8, 4) is 0 Å². The highest BCUT2D eigenvalue weighted by molar-refractivity contribution is 7.91. The van der Waals surface area contributed by atoms with E-state index in [-0.39, 0.29) is 17.3 Å². The van der Waals surface area contributed by atoms with Crippen LogP contribution in [0.5, 0.6) is 0 Å². The van der Waals surface area contributed by atoms with Crippen molar-refractivity contribution in [3.63, 3.8) is 0 Å². The van der Waals surface area contributed by atoms with E-state index >= 15 is 0 Å². The molecule has 0 unspecified atom stereocenters. The van der Waals surface area contributed by atoms with Crippen molar-refractivity contribution in [3.05, 3.63) is 36.0 Å².